The van der Waals surface area contributed by atoms with E-state index in [1.54, 1.807) is 0 Å². The van der Waals surface area contributed by atoms with E-state index in [-0.39, 0.29) is 24.0 Å². The summed E-state index contributed by atoms with van der Waals surface area (Å²) in [6, 6.07) is 26.6. The minimum absolute atomic E-state index is 0. The van der Waals surface area contributed by atoms with Crippen LogP contribution in [-0.4, -0.2) is 0 Å². The lowest BCUT2D eigenvalue weighted by Gasteiger charge is -2.21. The third kappa shape index (κ3) is 6.51. The second-order valence-corrected chi connectivity index (χ2v) is 10.5. The van der Waals surface area contributed by atoms with Gasteiger partial charge in [0, 0.05) is 22.8 Å². The van der Waals surface area contributed by atoms with E-state index in [4.69, 9.17) is 0 Å². The maximum absolute atomic E-state index is 2.49. The largest absolute Gasteiger partial charge is 1.00 e. The summed E-state index contributed by atoms with van der Waals surface area (Å²) in [5, 5.41) is 3.95. The lowest BCUT2D eigenvalue weighted by molar-refractivity contribution is -0.673. The monoisotopic (exact) mass is 567 g/mol. The van der Waals surface area contributed by atoms with E-state index in [9.17, 15) is 0 Å². The summed E-state index contributed by atoms with van der Waals surface area (Å²) < 4.78 is 2.49. The molecule has 1 heterocycles. The summed E-state index contributed by atoms with van der Waals surface area (Å²) in [5.74, 6) is 1.01. The van der Waals surface area contributed by atoms with Crippen molar-refractivity contribution in [3.05, 3.63) is 79.0 Å². The maximum atomic E-state index is 2.49. The van der Waals surface area contributed by atoms with Crippen molar-refractivity contribution < 1.29 is 28.5 Å². The molecule has 1 aliphatic rings. The van der Waals surface area contributed by atoms with Crippen LogP contribution in [-0.2, 0) is 6.54 Å². The fraction of sp³-hybridized carbons (Fsp3) is 0.367. The number of aromatic nitrogens is 1. The van der Waals surface area contributed by atoms with Gasteiger partial charge in [0.25, 0.3) is 0 Å². The molecule has 4 aromatic rings. The number of aryl methyl sites for hydroxylation is 1. The van der Waals surface area contributed by atoms with Crippen LogP contribution in [0.3, 0.4) is 0 Å². The number of fused-ring (bicyclic) bond motifs is 2. The zero-order valence-electron chi connectivity index (χ0n) is 19.4. The van der Waals surface area contributed by atoms with E-state index in [0.29, 0.717) is 0 Å². The second kappa shape index (κ2) is 12.2. The minimum atomic E-state index is 0. The number of benzene rings is 3. The molecule has 1 aliphatic carbocycles. The Morgan fingerprint density at radius 1 is 0.697 bits per heavy atom. The van der Waals surface area contributed by atoms with Crippen molar-refractivity contribution in [2.24, 2.45) is 5.92 Å². The van der Waals surface area contributed by atoms with Crippen molar-refractivity contribution in [1.29, 1.82) is 0 Å². The average Bonchev–Trinajstić information content (AvgIpc) is 2.84. The minimum Gasteiger partial charge on any atom is -1.00 e. The molecule has 0 N–H and O–H groups in total. The second-order valence-electron chi connectivity index (χ2n) is 9.39. The Labute approximate surface area is 220 Å². The highest BCUT2D eigenvalue weighted by Gasteiger charge is 2.14. The highest BCUT2D eigenvalue weighted by molar-refractivity contribution is 7.99. The van der Waals surface area contributed by atoms with Gasteiger partial charge in [-0.05, 0) is 47.4 Å². The average molecular weight is 568 g/mol. The molecule has 3 aromatic carbocycles. The van der Waals surface area contributed by atoms with Gasteiger partial charge in [0.15, 0.2) is 6.20 Å². The van der Waals surface area contributed by atoms with Crippen molar-refractivity contribution in [3.63, 3.8) is 0 Å². The zero-order valence-corrected chi connectivity index (χ0v) is 22.4. The van der Waals surface area contributed by atoms with Crippen molar-refractivity contribution in [2.45, 2.75) is 74.1 Å². The SMILES string of the molecule is [I-].c1ccc2cc(Sc3cc4ccccc4[n+](CCCCCC4CCCCC4)c3)ccc2c1. The first-order valence-corrected chi connectivity index (χ1v) is 13.3. The first-order valence-electron chi connectivity index (χ1n) is 12.4. The van der Waals surface area contributed by atoms with Crippen LogP contribution in [0.5, 0.6) is 0 Å². The van der Waals surface area contributed by atoms with Gasteiger partial charge in [-0.2, -0.15) is 4.57 Å². The van der Waals surface area contributed by atoms with Crippen LogP contribution in [0.4, 0.5) is 0 Å². The van der Waals surface area contributed by atoms with Crippen LogP contribution in [0.2, 0.25) is 0 Å². The molecular formula is C30H34INS. The number of halogens is 1. The number of nitrogens with zero attached hydrogens (tertiary/aromatic N) is 1. The Hall–Kier alpha value is -1.59. The molecule has 1 aromatic heterocycles. The molecular weight excluding hydrogens is 533 g/mol. The van der Waals surface area contributed by atoms with Gasteiger partial charge in [0.2, 0.25) is 5.52 Å². The Bertz CT molecular complexity index is 1180. The van der Waals surface area contributed by atoms with Crippen molar-refractivity contribution in [1.82, 2.24) is 0 Å². The number of para-hydroxylation sites is 1. The third-order valence-electron chi connectivity index (χ3n) is 7.02. The molecule has 3 heteroatoms. The molecule has 1 saturated carbocycles. The molecule has 0 unspecified atom stereocenters. The van der Waals surface area contributed by atoms with Crippen LogP contribution >= 0.6 is 11.8 Å². The van der Waals surface area contributed by atoms with Gasteiger partial charge >= 0.3 is 0 Å². The topological polar surface area (TPSA) is 3.88 Å². The standard InChI is InChI=1S/C30H34NS.HI/c1-3-11-24(12-4-1)13-5-2-10-20-31-23-29(22-27-16-8-9-17-30(27)31)32-28-19-18-25-14-6-7-15-26(25)21-28;/h6-9,14-19,21-24H,1-5,10-13,20H2;1H/q+1;/p-1. The lowest BCUT2D eigenvalue weighted by Crippen LogP contribution is -3.00. The van der Waals surface area contributed by atoms with E-state index in [0.717, 1.165) is 12.5 Å². The molecule has 0 spiro atoms. The number of hydrogen-bond acceptors (Lipinski definition) is 1. The fourth-order valence-electron chi connectivity index (χ4n) is 5.26. The van der Waals surface area contributed by atoms with Gasteiger partial charge in [-0.1, -0.05) is 99.2 Å². The molecule has 0 bridgehead atoms. The molecule has 1 fully saturated rings. The normalized spacial score (nSPS) is 14.4. The van der Waals surface area contributed by atoms with Crippen molar-refractivity contribution >= 4 is 33.4 Å². The number of pyridine rings is 1. The summed E-state index contributed by atoms with van der Waals surface area (Å²) in [5.41, 5.74) is 1.35. The van der Waals surface area contributed by atoms with E-state index in [1.165, 1.54) is 89.3 Å². The molecule has 5 rings (SSSR count). The van der Waals surface area contributed by atoms with Crippen LogP contribution in [0.15, 0.2) is 88.8 Å². The maximum Gasteiger partial charge on any atom is 0.212 e. The lowest BCUT2D eigenvalue weighted by atomic mass is 9.85. The first-order chi connectivity index (χ1) is 15.8. The molecule has 0 radical (unpaired) electrons. The number of rotatable bonds is 8. The highest BCUT2D eigenvalue weighted by atomic mass is 127. The molecule has 0 atom stereocenters. The Kier molecular flexibility index (Phi) is 9.08. The predicted molar refractivity (Wildman–Crippen MR) is 137 cm³/mol. The molecule has 0 saturated heterocycles. The summed E-state index contributed by atoms with van der Waals surface area (Å²) in [4.78, 5) is 2.62. The van der Waals surface area contributed by atoms with Gasteiger partial charge in [0.05, 0.1) is 4.90 Å². The zero-order chi connectivity index (χ0) is 21.6. The van der Waals surface area contributed by atoms with Gasteiger partial charge in [-0.15, -0.1) is 0 Å². The summed E-state index contributed by atoms with van der Waals surface area (Å²) >= 11 is 1.87. The smallest absolute Gasteiger partial charge is 0.212 e. The van der Waals surface area contributed by atoms with Crippen LogP contribution in [0.25, 0.3) is 21.7 Å². The van der Waals surface area contributed by atoms with E-state index < -0.39 is 0 Å². The molecule has 172 valence electrons. The van der Waals surface area contributed by atoms with E-state index >= 15 is 0 Å². The summed E-state index contributed by atoms with van der Waals surface area (Å²) in [6.45, 7) is 1.11. The number of hydrogen-bond donors (Lipinski definition) is 0. The third-order valence-corrected chi connectivity index (χ3v) is 7.97. The Balaban J connectivity index is 0.00000259. The highest BCUT2D eigenvalue weighted by Crippen LogP contribution is 2.31. The molecule has 33 heavy (non-hydrogen) atoms. The Morgan fingerprint density at radius 3 is 2.27 bits per heavy atom. The predicted octanol–water partition coefficient (Wildman–Crippen LogP) is 5.58. The van der Waals surface area contributed by atoms with Crippen LogP contribution < -0.4 is 28.5 Å². The number of unbranched alkanes of at least 4 members (excludes halogenated alkanes) is 2. The Morgan fingerprint density at radius 2 is 1.42 bits per heavy atom. The molecule has 1 nitrogen and oxygen atoms in total. The van der Waals surface area contributed by atoms with E-state index in [1.807, 2.05) is 11.8 Å². The first kappa shape index (κ1) is 24.5. The summed E-state index contributed by atoms with van der Waals surface area (Å²) in [6.07, 6.45) is 15.2. The summed E-state index contributed by atoms with van der Waals surface area (Å²) in [7, 11) is 0. The van der Waals surface area contributed by atoms with Gasteiger partial charge in [-0.3, -0.25) is 0 Å². The van der Waals surface area contributed by atoms with Crippen molar-refractivity contribution in [3.8, 4) is 0 Å². The fourth-order valence-corrected chi connectivity index (χ4v) is 6.22. The molecule has 0 aliphatic heterocycles. The van der Waals surface area contributed by atoms with Crippen molar-refractivity contribution in [2.75, 3.05) is 0 Å². The van der Waals surface area contributed by atoms with Crippen LogP contribution in [0.1, 0.15) is 57.8 Å². The molecule has 0 amide bonds. The van der Waals surface area contributed by atoms with Gasteiger partial charge < -0.3 is 24.0 Å². The quantitative estimate of drug-likeness (QED) is 0.153. The van der Waals surface area contributed by atoms with Gasteiger partial charge in [0.1, 0.15) is 6.54 Å². The van der Waals surface area contributed by atoms with E-state index in [2.05, 4.69) is 83.6 Å². The van der Waals surface area contributed by atoms with Crippen LogP contribution in [0, 0.1) is 5.92 Å². The van der Waals surface area contributed by atoms with Gasteiger partial charge in [-0.25, -0.2) is 0 Å².